The summed E-state index contributed by atoms with van der Waals surface area (Å²) in [5.74, 6) is -1.32. The lowest BCUT2D eigenvalue weighted by Gasteiger charge is -2.28. The van der Waals surface area contributed by atoms with Gasteiger partial charge in [0.15, 0.2) is 5.69 Å². The molecule has 1 aliphatic heterocycles. The first kappa shape index (κ1) is 12.5. The highest BCUT2D eigenvalue weighted by Gasteiger charge is 2.24. The fourth-order valence-corrected chi connectivity index (χ4v) is 1.84. The van der Waals surface area contributed by atoms with Crippen molar-refractivity contribution in [3.63, 3.8) is 0 Å². The molecule has 0 aromatic carbocycles. The number of likely N-dealkylation sites (tertiary alicyclic amines) is 1. The van der Waals surface area contributed by atoms with Crippen LogP contribution in [0.15, 0.2) is 6.20 Å². The number of rotatable bonds is 3. The van der Waals surface area contributed by atoms with Crippen LogP contribution >= 0.6 is 0 Å². The minimum absolute atomic E-state index is 0.132. The molecule has 0 bridgehead atoms. The van der Waals surface area contributed by atoms with Crippen molar-refractivity contribution in [2.24, 2.45) is 0 Å². The molecule has 0 spiro atoms. The number of carbonyl (C=O) groups is 2. The van der Waals surface area contributed by atoms with Gasteiger partial charge in [-0.15, -0.1) is 5.10 Å². The standard InChI is InChI=1S/C10H14N4O4/c15-7-1-3-13(4-2-7)10(18)8-5-14(12-11-8)6-9(16)17/h5,7,15H,1-4,6H2,(H,16,17). The van der Waals surface area contributed by atoms with E-state index < -0.39 is 5.97 Å². The molecular formula is C10H14N4O4. The van der Waals surface area contributed by atoms with E-state index >= 15 is 0 Å². The second kappa shape index (κ2) is 5.13. The largest absolute Gasteiger partial charge is 0.480 e. The van der Waals surface area contributed by atoms with E-state index in [4.69, 9.17) is 5.11 Å². The number of aliphatic carboxylic acids is 1. The molecule has 1 saturated heterocycles. The van der Waals surface area contributed by atoms with Gasteiger partial charge in [-0.2, -0.15) is 0 Å². The maximum Gasteiger partial charge on any atom is 0.325 e. The number of aromatic nitrogens is 3. The van der Waals surface area contributed by atoms with E-state index in [1.165, 1.54) is 6.20 Å². The highest BCUT2D eigenvalue weighted by Crippen LogP contribution is 2.12. The summed E-state index contributed by atoms with van der Waals surface area (Å²) in [4.78, 5) is 24.0. The zero-order chi connectivity index (χ0) is 13.1. The number of hydrogen-bond donors (Lipinski definition) is 2. The van der Waals surface area contributed by atoms with E-state index in [-0.39, 0.29) is 24.2 Å². The second-order valence-corrected chi connectivity index (χ2v) is 4.22. The summed E-state index contributed by atoms with van der Waals surface area (Å²) in [7, 11) is 0. The number of carboxylic acids is 1. The summed E-state index contributed by atoms with van der Waals surface area (Å²) in [6.07, 6.45) is 2.07. The molecule has 98 valence electrons. The molecule has 2 rings (SSSR count). The number of carbonyl (C=O) groups excluding carboxylic acids is 1. The third-order valence-electron chi connectivity index (χ3n) is 2.81. The summed E-state index contributed by atoms with van der Waals surface area (Å²) in [5.41, 5.74) is 0.132. The van der Waals surface area contributed by atoms with Crippen LogP contribution in [0.2, 0.25) is 0 Å². The van der Waals surface area contributed by atoms with Crippen LogP contribution in [-0.2, 0) is 11.3 Å². The summed E-state index contributed by atoms with van der Waals surface area (Å²) >= 11 is 0. The van der Waals surface area contributed by atoms with Crippen LogP contribution < -0.4 is 0 Å². The van der Waals surface area contributed by atoms with Crippen LogP contribution in [0.25, 0.3) is 0 Å². The fourth-order valence-electron chi connectivity index (χ4n) is 1.84. The van der Waals surface area contributed by atoms with Gasteiger partial charge in [0, 0.05) is 13.1 Å². The molecule has 1 aromatic heterocycles. The molecule has 0 radical (unpaired) electrons. The number of hydrogen-bond acceptors (Lipinski definition) is 5. The van der Waals surface area contributed by atoms with Gasteiger partial charge in [0.2, 0.25) is 0 Å². The molecule has 0 saturated carbocycles. The van der Waals surface area contributed by atoms with Gasteiger partial charge in [-0.1, -0.05) is 5.21 Å². The maximum atomic E-state index is 12.0. The SMILES string of the molecule is O=C(O)Cn1cc(C(=O)N2CCC(O)CC2)nn1. The van der Waals surface area contributed by atoms with Gasteiger partial charge in [0.05, 0.1) is 12.3 Å². The predicted molar refractivity (Wildman–Crippen MR) is 58.8 cm³/mol. The minimum Gasteiger partial charge on any atom is -0.480 e. The van der Waals surface area contributed by atoms with E-state index in [0.717, 1.165) is 4.68 Å². The van der Waals surface area contributed by atoms with Crippen LogP contribution in [0.1, 0.15) is 23.3 Å². The first-order valence-electron chi connectivity index (χ1n) is 5.65. The summed E-state index contributed by atoms with van der Waals surface area (Å²) in [6.45, 7) is 0.635. The summed E-state index contributed by atoms with van der Waals surface area (Å²) in [6, 6.07) is 0. The Hall–Kier alpha value is -1.96. The third kappa shape index (κ3) is 2.83. The highest BCUT2D eigenvalue weighted by atomic mass is 16.4. The molecule has 18 heavy (non-hydrogen) atoms. The molecular weight excluding hydrogens is 240 g/mol. The van der Waals surface area contributed by atoms with Crippen LogP contribution in [0, 0.1) is 0 Å². The van der Waals surface area contributed by atoms with Crippen molar-refractivity contribution in [2.75, 3.05) is 13.1 Å². The molecule has 0 atom stereocenters. The molecule has 1 aliphatic rings. The van der Waals surface area contributed by atoms with Crippen molar-refractivity contribution in [1.82, 2.24) is 19.9 Å². The van der Waals surface area contributed by atoms with E-state index in [1.54, 1.807) is 4.90 Å². The number of nitrogens with zero attached hydrogens (tertiary/aromatic N) is 4. The number of aliphatic hydroxyl groups excluding tert-OH is 1. The Morgan fingerprint density at radius 1 is 1.39 bits per heavy atom. The van der Waals surface area contributed by atoms with Gasteiger partial charge < -0.3 is 15.1 Å². The molecule has 0 unspecified atom stereocenters. The van der Waals surface area contributed by atoms with Crippen molar-refractivity contribution >= 4 is 11.9 Å². The van der Waals surface area contributed by atoms with Gasteiger partial charge in [-0.25, -0.2) is 4.68 Å². The molecule has 1 aromatic rings. The van der Waals surface area contributed by atoms with Gasteiger partial charge >= 0.3 is 5.97 Å². The fraction of sp³-hybridized carbons (Fsp3) is 0.600. The molecule has 2 heterocycles. The van der Waals surface area contributed by atoms with Gasteiger partial charge in [-0.3, -0.25) is 9.59 Å². The minimum atomic E-state index is -1.04. The zero-order valence-electron chi connectivity index (χ0n) is 9.69. The van der Waals surface area contributed by atoms with E-state index in [0.29, 0.717) is 25.9 Å². The van der Waals surface area contributed by atoms with Crippen LogP contribution in [-0.4, -0.2) is 61.2 Å². The van der Waals surface area contributed by atoms with Crippen molar-refractivity contribution in [3.05, 3.63) is 11.9 Å². The van der Waals surface area contributed by atoms with Gasteiger partial charge in [0.1, 0.15) is 6.54 Å². The van der Waals surface area contributed by atoms with E-state index in [9.17, 15) is 14.7 Å². The third-order valence-corrected chi connectivity index (χ3v) is 2.81. The monoisotopic (exact) mass is 254 g/mol. The quantitative estimate of drug-likeness (QED) is 0.713. The normalized spacial score (nSPS) is 16.8. The average Bonchev–Trinajstić information content (AvgIpc) is 2.76. The van der Waals surface area contributed by atoms with Crippen molar-refractivity contribution in [3.8, 4) is 0 Å². The smallest absolute Gasteiger partial charge is 0.325 e. The van der Waals surface area contributed by atoms with E-state index in [1.807, 2.05) is 0 Å². The Morgan fingerprint density at radius 3 is 2.67 bits per heavy atom. The molecule has 8 nitrogen and oxygen atoms in total. The predicted octanol–water partition coefficient (Wildman–Crippen LogP) is -1.04. The lowest BCUT2D eigenvalue weighted by atomic mass is 10.1. The Bertz CT molecular complexity index is 450. The lowest BCUT2D eigenvalue weighted by Crippen LogP contribution is -2.40. The topological polar surface area (TPSA) is 109 Å². The maximum absolute atomic E-state index is 12.0. The van der Waals surface area contributed by atoms with E-state index in [2.05, 4.69) is 10.3 Å². The highest BCUT2D eigenvalue weighted by molar-refractivity contribution is 5.92. The lowest BCUT2D eigenvalue weighted by molar-refractivity contribution is -0.137. The first-order valence-corrected chi connectivity index (χ1v) is 5.65. The number of carboxylic acid groups (broad SMARTS) is 1. The van der Waals surface area contributed by atoms with Crippen LogP contribution in [0.5, 0.6) is 0 Å². The molecule has 1 amide bonds. The first-order chi connectivity index (χ1) is 8.56. The number of amides is 1. The Balaban J connectivity index is 2.00. The molecule has 2 N–H and O–H groups in total. The zero-order valence-corrected chi connectivity index (χ0v) is 9.69. The van der Waals surface area contributed by atoms with Crippen molar-refractivity contribution < 1.29 is 19.8 Å². The van der Waals surface area contributed by atoms with Gasteiger partial charge in [-0.05, 0) is 12.8 Å². The van der Waals surface area contributed by atoms with Crippen LogP contribution in [0.3, 0.4) is 0 Å². The number of aliphatic hydroxyl groups is 1. The summed E-state index contributed by atoms with van der Waals surface area (Å²) in [5, 5.41) is 25.2. The van der Waals surface area contributed by atoms with Crippen molar-refractivity contribution in [1.29, 1.82) is 0 Å². The van der Waals surface area contributed by atoms with Gasteiger partial charge in [0.25, 0.3) is 5.91 Å². The average molecular weight is 254 g/mol. The Kier molecular flexibility index (Phi) is 3.56. The van der Waals surface area contributed by atoms with Crippen molar-refractivity contribution in [2.45, 2.75) is 25.5 Å². The Morgan fingerprint density at radius 2 is 2.06 bits per heavy atom. The Labute approximate surface area is 103 Å². The second-order valence-electron chi connectivity index (χ2n) is 4.22. The van der Waals surface area contributed by atoms with Crippen LogP contribution in [0.4, 0.5) is 0 Å². The number of piperidine rings is 1. The summed E-state index contributed by atoms with van der Waals surface area (Å²) < 4.78 is 1.11. The molecule has 8 heteroatoms. The molecule has 0 aliphatic carbocycles. The molecule has 1 fully saturated rings.